The lowest BCUT2D eigenvalue weighted by molar-refractivity contribution is -0.118. The summed E-state index contributed by atoms with van der Waals surface area (Å²) in [7, 11) is 1.77. The van der Waals surface area contributed by atoms with Gasteiger partial charge in [0.25, 0.3) is 0 Å². The SMILES string of the molecule is CCc1ccc2c(c1)[C@@H](CC#N)C(=O)N2C. The normalized spacial score (nSPS) is 18.4. The van der Waals surface area contributed by atoms with E-state index in [0.29, 0.717) is 0 Å². The van der Waals surface area contributed by atoms with Crippen LogP contribution in [0.15, 0.2) is 18.2 Å². The molecule has 0 N–H and O–H groups in total. The van der Waals surface area contributed by atoms with Gasteiger partial charge in [-0.2, -0.15) is 5.26 Å². The first kappa shape index (κ1) is 10.7. The van der Waals surface area contributed by atoms with Crippen LogP contribution < -0.4 is 4.90 Å². The molecule has 1 atom stereocenters. The molecule has 0 spiro atoms. The standard InChI is InChI=1S/C13H14N2O/c1-3-9-4-5-12-11(8-9)10(6-7-14)13(16)15(12)2/h4-5,8,10H,3,6H2,1-2H3/t10-/m1/s1. The number of likely N-dealkylation sites (N-methyl/N-ethyl adjacent to an activating group) is 1. The van der Waals surface area contributed by atoms with Gasteiger partial charge in [-0.1, -0.05) is 19.1 Å². The number of anilines is 1. The van der Waals surface area contributed by atoms with E-state index >= 15 is 0 Å². The molecule has 1 aromatic carbocycles. The number of nitrogens with zero attached hydrogens (tertiary/aromatic N) is 2. The lowest BCUT2D eigenvalue weighted by Gasteiger charge is -2.09. The second kappa shape index (κ2) is 3.97. The second-order valence-electron chi connectivity index (χ2n) is 4.06. The zero-order valence-corrected chi connectivity index (χ0v) is 9.53. The highest BCUT2D eigenvalue weighted by Crippen LogP contribution is 2.38. The number of hydrogen-bond acceptors (Lipinski definition) is 2. The van der Waals surface area contributed by atoms with Gasteiger partial charge in [0.1, 0.15) is 0 Å². The maximum absolute atomic E-state index is 11.9. The van der Waals surface area contributed by atoms with Crippen LogP contribution in [-0.2, 0) is 11.2 Å². The summed E-state index contributed by atoms with van der Waals surface area (Å²) in [5.41, 5.74) is 3.17. The number of rotatable bonds is 2. The van der Waals surface area contributed by atoms with Crippen molar-refractivity contribution in [1.82, 2.24) is 0 Å². The maximum Gasteiger partial charge on any atom is 0.235 e. The summed E-state index contributed by atoms with van der Waals surface area (Å²) in [6, 6.07) is 8.16. The molecular formula is C13H14N2O. The second-order valence-corrected chi connectivity index (χ2v) is 4.06. The molecule has 3 nitrogen and oxygen atoms in total. The largest absolute Gasteiger partial charge is 0.315 e. The van der Waals surface area contributed by atoms with E-state index in [-0.39, 0.29) is 18.2 Å². The lowest BCUT2D eigenvalue weighted by atomic mass is 9.96. The van der Waals surface area contributed by atoms with Crippen molar-refractivity contribution in [2.45, 2.75) is 25.7 Å². The molecule has 0 unspecified atom stereocenters. The zero-order valence-electron chi connectivity index (χ0n) is 9.53. The zero-order chi connectivity index (χ0) is 11.7. The quantitative estimate of drug-likeness (QED) is 0.757. The number of carbonyl (C=O) groups is 1. The van der Waals surface area contributed by atoms with Gasteiger partial charge in [-0.05, 0) is 23.6 Å². The number of amides is 1. The van der Waals surface area contributed by atoms with Crippen LogP contribution in [0, 0.1) is 11.3 Å². The van der Waals surface area contributed by atoms with Gasteiger partial charge in [-0.3, -0.25) is 4.79 Å². The van der Waals surface area contributed by atoms with Gasteiger partial charge in [0, 0.05) is 12.7 Å². The van der Waals surface area contributed by atoms with Gasteiger partial charge < -0.3 is 4.90 Å². The Balaban J connectivity index is 2.49. The van der Waals surface area contributed by atoms with Crippen molar-refractivity contribution >= 4 is 11.6 Å². The number of benzene rings is 1. The molecule has 0 radical (unpaired) electrons. The first-order chi connectivity index (χ1) is 7.69. The van der Waals surface area contributed by atoms with E-state index in [4.69, 9.17) is 5.26 Å². The van der Waals surface area contributed by atoms with E-state index in [9.17, 15) is 4.79 Å². The van der Waals surface area contributed by atoms with Crippen LogP contribution in [0.1, 0.15) is 30.4 Å². The first-order valence-corrected chi connectivity index (χ1v) is 5.46. The van der Waals surface area contributed by atoms with Crippen molar-refractivity contribution in [2.75, 3.05) is 11.9 Å². The van der Waals surface area contributed by atoms with Gasteiger partial charge >= 0.3 is 0 Å². The minimum absolute atomic E-state index is 0.0322. The van der Waals surface area contributed by atoms with E-state index in [1.54, 1.807) is 11.9 Å². The minimum atomic E-state index is -0.267. The van der Waals surface area contributed by atoms with Crippen LogP contribution in [0.25, 0.3) is 0 Å². The molecule has 16 heavy (non-hydrogen) atoms. The summed E-state index contributed by atoms with van der Waals surface area (Å²) < 4.78 is 0. The molecule has 1 heterocycles. The Morgan fingerprint density at radius 3 is 2.88 bits per heavy atom. The van der Waals surface area contributed by atoms with E-state index in [2.05, 4.69) is 19.1 Å². The van der Waals surface area contributed by atoms with Crippen molar-refractivity contribution in [2.24, 2.45) is 0 Å². The Hall–Kier alpha value is -1.82. The van der Waals surface area contributed by atoms with Gasteiger partial charge in [0.05, 0.1) is 18.4 Å². The molecule has 1 amide bonds. The van der Waals surface area contributed by atoms with Gasteiger partial charge in [0.2, 0.25) is 5.91 Å². The Bertz CT molecular complexity index is 473. The fraction of sp³-hybridized carbons (Fsp3) is 0.385. The molecule has 0 fully saturated rings. The molecular weight excluding hydrogens is 200 g/mol. The summed E-state index contributed by atoms with van der Waals surface area (Å²) >= 11 is 0. The van der Waals surface area contributed by atoms with Crippen LogP contribution in [-0.4, -0.2) is 13.0 Å². The van der Waals surface area contributed by atoms with Crippen molar-refractivity contribution in [3.05, 3.63) is 29.3 Å². The summed E-state index contributed by atoms with van der Waals surface area (Å²) in [5, 5.41) is 8.76. The third-order valence-corrected chi connectivity index (χ3v) is 3.16. The fourth-order valence-corrected chi connectivity index (χ4v) is 2.18. The average Bonchev–Trinajstić information content (AvgIpc) is 2.54. The average molecular weight is 214 g/mol. The van der Waals surface area contributed by atoms with E-state index in [1.807, 2.05) is 12.1 Å². The molecule has 2 rings (SSSR count). The van der Waals surface area contributed by atoms with Crippen LogP contribution in [0.3, 0.4) is 0 Å². The fourth-order valence-electron chi connectivity index (χ4n) is 2.18. The van der Waals surface area contributed by atoms with E-state index in [0.717, 1.165) is 17.7 Å². The molecule has 0 bridgehead atoms. The number of fused-ring (bicyclic) bond motifs is 1. The summed E-state index contributed by atoms with van der Waals surface area (Å²) in [6.45, 7) is 2.08. The van der Waals surface area contributed by atoms with Crippen LogP contribution >= 0.6 is 0 Å². The molecule has 0 aromatic heterocycles. The summed E-state index contributed by atoms with van der Waals surface area (Å²) in [5.74, 6) is -0.235. The molecule has 1 aliphatic rings. The van der Waals surface area contributed by atoms with Crippen molar-refractivity contribution in [3.8, 4) is 6.07 Å². The first-order valence-electron chi connectivity index (χ1n) is 5.46. The third kappa shape index (κ3) is 1.47. The Morgan fingerprint density at radius 2 is 2.25 bits per heavy atom. The Morgan fingerprint density at radius 1 is 1.50 bits per heavy atom. The van der Waals surface area contributed by atoms with Crippen molar-refractivity contribution in [3.63, 3.8) is 0 Å². The highest BCUT2D eigenvalue weighted by Gasteiger charge is 2.34. The highest BCUT2D eigenvalue weighted by atomic mass is 16.2. The highest BCUT2D eigenvalue weighted by molar-refractivity contribution is 6.04. The van der Waals surface area contributed by atoms with Crippen LogP contribution in [0.5, 0.6) is 0 Å². The Labute approximate surface area is 95.3 Å². The maximum atomic E-state index is 11.9. The molecule has 0 saturated heterocycles. The number of hydrogen-bond donors (Lipinski definition) is 0. The lowest BCUT2D eigenvalue weighted by Crippen LogP contribution is -2.23. The number of aryl methyl sites for hydroxylation is 1. The van der Waals surface area contributed by atoms with Crippen LogP contribution in [0.2, 0.25) is 0 Å². The Kier molecular flexibility index (Phi) is 2.66. The van der Waals surface area contributed by atoms with Gasteiger partial charge in [0.15, 0.2) is 0 Å². The van der Waals surface area contributed by atoms with Gasteiger partial charge in [-0.25, -0.2) is 0 Å². The van der Waals surface area contributed by atoms with Crippen molar-refractivity contribution < 1.29 is 4.79 Å². The molecule has 1 aliphatic heterocycles. The predicted molar refractivity (Wildman–Crippen MR) is 62.2 cm³/mol. The summed E-state index contributed by atoms with van der Waals surface area (Å²) in [4.78, 5) is 13.6. The molecule has 3 heteroatoms. The minimum Gasteiger partial charge on any atom is -0.315 e. The van der Waals surface area contributed by atoms with Crippen molar-refractivity contribution in [1.29, 1.82) is 5.26 Å². The topological polar surface area (TPSA) is 44.1 Å². The van der Waals surface area contributed by atoms with E-state index < -0.39 is 0 Å². The monoisotopic (exact) mass is 214 g/mol. The van der Waals surface area contributed by atoms with Gasteiger partial charge in [-0.15, -0.1) is 0 Å². The van der Waals surface area contributed by atoms with E-state index in [1.165, 1.54) is 5.56 Å². The van der Waals surface area contributed by atoms with Crippen LogP contribution in [0.4, 0.5) is 5.69 Å². The molecule has 0 aliphatic carbocycles. The summed E-state index contributed by atoms with van der Waals surface area (Å²) in [6.07, 6.45) is 1.22. The number of nitriles is 1. The molecule has 0 saturated carbocycles. The molecule has 1 aromatic rings. The predicted octanol–water partition coefficient (Wildman–Crippen LogP) is 2.22. The smallest absolute Gasteiger partial charge is 0.235 e. The number of carbonyl (C=O) groups excluding carboxylic acids is 1. The molecule has 82 valence electrons. The third-order valence-electron chi connectivity index (χ3n) is 3.16.